The fourth-order valence-corrected chi connectivity index (χ4v) is 3.80. The number of aliphatic imine (C=N–C) groups is 1. The number of aromatic nitrogens is 2. The first kappa shape index (κ1) is 19.8. The predicted octanol–water partition coefficient (Wildman–Crippen LogP) is 5.24. The summed E-state index contributed by atoms with van der Waals surface area (Å²) in [4.78, 5) is 4.98. The lowest BCUT2D eigenvalue weighted by Crippen LogP contribution is -2.32. The highest BCUT2D eigenvalue weighted by Crippen LogP contribution is 2.21. The lowest BCUT2D eigenvalue weighted by Gasteiger charge is -2.08. The van der Waals surface area contributed by atoms with Crippen LogP contribution in [-0.2, 0) is 0 Å². The Morgan fingerprint density at radius 1 is 0.933 bits per heavy atom. The molecule has 6 heteroatoms. The second kappa shape index (κ2) is 8.88. The molecule has 0 aliphatic rings. The number of nitrogens with one attached hydrogen (secondary N) is 1. The van der Waals surface area contributed by atoms with Gasteiger partial charge in [0.05, 0.1) is 7.11 Å². The molecule has 1 heterocycles. The number of aryl methyl sites for hydroxylation is 2. The number of benzene rings is 3. The van der Waals surface area contributed by atoms with Gasteiger partial charge in [-0.25, -0.2) is 0 Å². The zero-order valence-electron chi connectivity index (χ0n) is 17.2. The van der Waals surface area contributed by atoms with Gasteiger partial charge in [0.15, 0.2) is 0 Å². The van der Waals surface area contributed by atoms with Crippen molar-refractivity contribution < 1.29 is 9.30 Å². The molecule has 1 aromatic heterocycles. The number of amidine groups is 1. The number of rotatable bonds is 5. The van der Waals surface area contributed by atoms with Crippen molar-refractivity contribution in [3.8, 4) is 11.4 Å². The van der Waals surface area contributed by atoms with Gasteiger partial charge >= 0.3 is 5.13 Å². The van der Waals surface area contributed by atoms with Gasteiger partial charge in [-0.05, 0) is 59.8 Å². The molecular formula is C24H23N4OS+. The van der Waals surface area contributed by atoms with Crippen molar-refractivity contribution in [3.63, 3.8) is 0 Å². The molecule has 30 heavy (non-hydrogen) atoms. The number of hydrogen-bond donors (Lipinski definition) is 1. The van der Waals surface area contributed by atoms with Crippen molar-refractivity contribution >= 4 is 28.2 Å². The van der Waals surface area contributed by atoms with Gasteiger partial charge in [0, 0.05) is 18.2 Å². The zero-order valence-corrected chi connectivity index (χ0v) is 18.0. The fraction of sp³-hybridized carbons (Fsp3) is 0.125. The quantitative estimate of drug-likeness (QED) is 0.276. The van der Waals surface area contributed by atoms with Crippen LogP contribution in [0, 0.1) is 13.8 Å². The van der Waals surface area contributed by atoms with E-state index in [9.17, 15) is 0 Å². The smallest absolute Gasteiger partial charge is 0.361 e. The van der Waals surface area contributed by atoms with Crippen LogP contribution in [0.5, 0.6) is 5.75 Å². The molecule has 0 spiro atoms. The first-order chi connectivity index (χ1) is 14.6. The maximum Gasteiger partial charge on any atom is 0.361 e. The van der Waals surface area contributed by atoms with Crippen LogP contribution in [0.2, 0.25) is 0 Å². The predicted molar refractivity (Wildman–Crippen MR) is 122 cm³/mol. The molecular weight excluding hydrogens is 392 g/mol. The fourth-order valence-electron chi connectivity index (χ4n) is 3.06. The summed E-state index contributed by atoms with van der Waals surface area (Å²) in [6.45, 7) is 4.06. The Labute approximate surface area is 180 Å². The van der Waals surface area contributed by atoms with E-state index in [0.29, 0.717) is 0 Å². The van der Waals surface area contributed by atoms with E-state index in [1.807, 2.05) is 66.1 Å². The minimum atomic E-state index is 0.769. The molecule has 150 valence electrons. The Balaban J connectivity index is 1.77. The molecule has 0 bridgehead atoms. The van der Waals surface area contributed by atoms with Crippen LogP contribution in [0.4, 0.5) is 10.8 Å². The molecule has 1 N–H and O–H groups in total. The highest BCUT2D eigenvalue weighted by molar-refractivity contribution is 7.09. The van der Waals surface area contributed by atoms with E-state index in [2.05, 4.69) is 40.9 Å². The average molecular weight is 416 g/mol. The number of nitrogens with zero attached hydrogens (tertiary/aromatic N) is 3. The van der Waals surface area contributed by atoms with Crippen molar-refractivity contribution in [2.24, 2.45) is 4.99 Å². The third-order valence-corrected chi connectivity index (χ3v) is 5.47. The van der Waals surface area contributed by atoms with Gasteiger partial charge in [-0.15, -0.1) is 0 Å². The lowest BCUT2D eigenvalue weighted by molar-refractivity contribution is -0.586. The minimum Gasteiger partial charge on any atom is -0.497 e. The molecule has 4 aromatic rings. The Morgan fingerprint density at radius 2 is 1.63 bits per heavy atom. The third kappa shape index (κ3) is 4.39. The molecule has 5 nitrogen and oxygen atoms in total. The van der Waals surface area contributed by atoms with Crippen molar-refractivity contribution in [3.05, 3.63) is 95.8 Å². The monoisotopic (exact) mass is 415 g/mol. The van der Waals surface area contributed by atoms with E-state index in [4.69, 9.17) is 9.73 Å². The number of hydrogen-bond acceptors (Lipinski definition) is 4. The number of anilines is 1. The first-order valence-corrected chi connectivity index (χ1v) is 10.4. The van der Waals surface area contributed by atoms with Gasteiger partial charge < -0.3 is 10.1 Å². The summed E-state index contributed by atoms with van der Waals surface area (Å²) in [5.41, 5.74) is 4.20. The lowest BCUT2D eigenvalue weighted by atomic mass is 10.2. The van der Waals surface area contributed by atoms with Crippen LogP contribution >= 0.6 is 11.5 Å². The van der Waals surface area contributed by atoms with Crippen molar-refractivity contribution in [2.45, 2.75) is 13.8 Å². The van der Waals surface area contributed by atoms with E-state index in [1.54, 1.807) is 7.11 Å². The second-order valence-corrected chi connectivity index (χ2v) is 7.59. The normalized spacial score (nSPS) is 11.4. The Morgan fingerprint density at radius 3 is 2.30 bits per heavy atom. The van der Waals surface area contributed by atoms with E-state index < -0.39 is 0 Å². The van der Waals surface area contributed by atoms with E-state index >= 15 is 0 Å². The Hall–Kier alpha value is -3.51. The van der Waals surface area contributed by atoms with Crippen molar-refractivity contribution in [1.29, 1.82) is 0 Å². The summed E-state index contributed by atoms with van der Waals surface area (Å²) < 4.78 is 11.9. The summed E-state index contributed by atoms with van der Waals surface area (Å²) in [6, 6.07) is 26.3. The molecule has 0 fully saturated rings. The highest BCUT2D eigenvalue weighted by atomic mass is 32.1. The van der Waals surface area contributed by atoms with Gasteiger partial charge in [0.25, 0.3) is 5.82 Å². The molecule has 0 amide bonds. The molecule has 0 radical (unpaired) electrons. The van der Waals surface area contributed by atoms with Gasteiger partial charge in [0.2, 0.25) is 5.84 Å². The molecule has 0 aliphatic heterocycles. The van der Waals surface area contributed by atoms with Crippen LogP contribution in [0.15, 0.2) is 83.9 Å². The summed E-state index contributed by atoms with van der Waals surface area (Å²) in [5, 5.41) is 4.26. The summed E-state index contributed by atoms with van der Waals surface area (Å²) in [5.74, 6) is 2.47. The maximum absolute atomic E-state index is 5.28. The van der Waals surface area contributed by atoms with Crippen LogP contribution in [0.1, 0.15) is 17.0 Å². The minimum absolute atomic E-state index is 0.769. The first-order valence-electron chi connectivity index (χ1n) is 9.64. The number of ether oxygens (including phenoxy) is 1. The van der Waals surface area contributed by atoms with Crippen LogP contribution in [-0.4, -0.2) is 17.3 Å². The van der Waals surface area contributed by atoms with Crippen molar-refractivity contribution in [1.82, 2.24) is 4.37 Å². The van der Waals surface area contributed by atoms with Crippen molar-refractivity contribution in [2.75, 3.05) is 12.4 Å². The molecule has 0 saturated carbocycles. The number of methoxy groups -OCH3 is 1. The van der Waals surface area contributed by atoms with Crippen LogP contribution in [0.3, 0.4) is 0 Å². The van der Waals surface area contributed by atoms with E-state index in [1.165, 1.54) is 17.1 Å². The van der Waals surface area contributed by atoms with Crippen LogP contribution in [0.25, 0.3) is 5.69 Å². The van der Waals surface area contributed by atoms with Gasteiger partial charge in [0.1, 0.15) is 23.0 Å². The Bertz CT molecular complexity index is 1150. The molecule has 4 rings (SSSR count). The molecule has 0 saturated heterocycles. The Kier molecular flexibility index (Phi) is 5.86. The summed E-state index contributed by atoms with van der Waals surface area (Å²) in [6.07, 6.45) is 0. The largest absolute Gasteiger partial charge is 0.497 e. The molecule has 0 unspecified atom stereocenters. The maximum atomic E-state index is 5.28. The molecule has 0 aliphatic carbocycles. The highest BCUT2D eigenvalue weighted by Gasteiger charge is 2.21. The standard InChI is InChI=1S/C24H22N4OS/c1-17-9-11-20(12-10-17)25-23(19-7-5-4-6-8-19)26-24-28(18(2)27-30-24)21-13-15-22(29-3)16-14-21/h4-16H,1-3H3/p+1. The topological polar surface area (TPSA) is 50.4 Å². The average Bonchev–Trinajstić information content (AvgIpc) is 3.15. The summed E-state index contributed by atoms with van der Waals surface area (Å²) >= 11 is 1.37. The van der Waals surface area contributed by atoms with Gasteiger partial charge in [-0.3, -0.25) is 0 Å². The third-order valence-electron chi connectivity index (χ3n) is 4.67. The van der Waals surface area contributed by atoms with E-state index in [-0.39, 0.29) is 0 Å². The van der Waals surface area contributed by atoms with Crippen LogP contribution < -0.4 is 14.6 Å². The zero-order chi connectivity index (χ0) is 20.9. The van der Waals surface area contributed by atoms with Gasteiger partial charge in [-0.2, -0.15) is 4.57 Å². The SMILES string of the molecule is COc1ccc(-[n+]2c(C)nsc2N=C(Nc2ccc(C)cc2)c2ccccc2)cc1. The summed E-state index contributed by atoms with van der Waals surface area (Å²) in [7, 11) is 1.66. The molecule has 0 atom stereocenters. The van der Waals surface area contributed by atoms with Gasteiger partial charge in [-0.1, -0.05) is 40.9 Å². The van der Waals surface area contributed by atoms with E-state index in [0.717, 1.165) is 39.5 Å². The second-order valence-electron chi connectivity index (χ2n) is 6.86. The molecule has 3 aromatic carbocycles.